The minimum absolute atomic E-state index is 0.407. The number of hydrogen-bond donors (Lipinski definition) is 0. The molecule has 2 aromatic rings. The molecule has 1 aromatic heterocycles. The van der Waals surface area contributed by atoms with Crippen LogP contribution in [0.2, 0.25) is 0 Å². The molecule has 1 aliphatic heterocycles. The number of alkyl halides is 1. The molecule has 1 aromatic carbocycles. The van der Waals surface area contributed by atoms with Crippen molar-refractivity contribution in [1.29, 1.82) is 0 Å². The van der Waals surface area contributed by atoms with Gasteiger partial charge in [-0.1, -0.05) is 31.2 Å². The van der Waals surface area contributed by atoms with E-state index in [1.54, 1.807) is 13.3 Å². The van der Waals surface area contributed by atoms with Gasteiger partial charge in [-0.3, -0.25) is 0 Å². The molecular formula is C18H22FN3. The Morgan fingerprint density at radius 1 is 1.27 bits per heavy atom. The summed E-state index contributed by atoms with van der Waals surface area (Å²) in [4.78, 5) is 11.0. The van der Waals surface area contributed by atoms with Crippen LogP contribution in [0.4, 0.5) is 10.2 Å². The van der Waals surface area contributed by atoms with E-state index in [-0.39, 0.29) is 0 Å². The highest BCUT2D eigenvalue weighted by atomic mass is 19.1. The summed E-state index contributed by atoms with van der Waals surface area (Å²) >= 11 is 0. The van der Waals surface area contributed by atoms with Crippen LogP contribution in [-0.2, 0) is 6.42 Å². The zero-order chi connectivity index (χ0) is 15.7. The van der Waals surface area contributed by atoms with Gasteiger partial charge in [-0.25, -0.2) is 14.4 Å². The highest BCUT2D eigenvalue weighted by Crippen LogP contribution is 2.34. The first kappa shape index (κ1) is 14.9. The lowest BCUT2D eigenvalue weighted by molar-refractivity contribution is 0.221. The summed E-state index contributed by atoms with van der Waals surface area (Å²) in [5, 5.41) is 0. The number of hydrogen-bond acceptors (Lipinski definition) is 3. The predicted octanol–water partition coefficient (Wildman–Crippen LogP) is 3.95. The summed E-state index contributed by atoms with van der Waals surface area (Å²) in [5.74, 6) is 0.886. The van der Waals surface area contributed by atoms with Crippen molar-refractivity contribution in [3.05, 3.63) is 41.7 Å². The normalized spacial score (nSPS) is 21.4. The minimum atomic E-state index is -1.13. The summed E-state index contributed by atoms with van der Waals surface area (Å²) in [6, 6.07) is 8.23. The van der Waals surface area contributed by atoms with Crippen molar-refractivity contribution in [2.24, 2.45) is 0 Å². The van der Waals surface area contributed by atoms with Crippen LogP contribution in [-0.4, -0.2) is 28.7 Å². The molecule has 2 heterocycles. The van der Waals surface area contributed by atoms with E-state index in [9.17, 15) is 4.39 Å². The molecule has 1 atom stereocenters. The van der Waals surface area contributed by atoms with Gasteiger partial charge >= 0.3 is 0 Å². The zero-order valence-corrected chi connectivity index (χ0v) is 13.4. The van der Waals surface area contributed by atoms with Crippen LogP contribution in [0.15, 0.2) is 30.6 Å². The van der Waals surface area contributed by atoms with Gasteiger partial charge in [0.25, 0.3) is 0 Å². The maximum Gasteiger partial charge on any atom is 0.135 e. The molecule has 0 N–H and O–H groups in total. The molecule has 0 saturated carbocycles. The van der Waals surface area contributed by atoms with E-state index < -0.39 is 5.67 Å². The molecule has 0 spiro atoms. The Kier molecular flexibility index (Phi) is 3.85. The van der Waals surface area contributed by atoms with Crippen molar-refractivity contribution in [2.75, 3.05) is 18.0 Å². The third kappa shape index (κ3) is 2.70. The number of benzene rings is 1. The fraction of sp³-hybridized carbons (Fsp3) is 0.444. The Morgan fingerprint density at radius 3 is 2.68 bits per heavy atom. The van der Waals surface area contributed by atoms with E-state index in [0.717, 1.165) is 29.1 Å². The summed E-state index contributed by atoms with van der Waals surface area (Å²) in [7, 11) is 0. The molecule has 3 rings (SSSR count). The van der Waals surface area contributed by atoms with Gasteiger partial charge < -0.3 is 4.90 Å². The van der Waals surface area contributed by atoms with Gasteiger partial charge in [0.1, 0.15) is 17.8 Å². The number of rotatable bonds is 3. The lowest BCUT2D eigenvalue weighted by atomic mass is 10.00. The second kappa shape index (κ2) is 5.67. The average Bonchev–Trinajstić information content (AvgIpc) is 2.87. The highest BCUT2D eigenvalue weighted by Gasteiger charge is 2.35. The van der Waals surface area contributed by atoms with Gasteiger partial charge in [-0.2, -0.15) is 0 Å². The largest absolute Gasteiger partial charge is 0.353 e. The Hall–Kier alpha value is -1.97. The molecule has 22 heavy (non-hydrogen) atoms. The Balaban J connectivity index is 2.07. The molecule has 4 heteroatoms. The standard InChI is InChI=1S/C18H22FN3/c1-4-14-16(15-8-6-5-7-13(15)2)20-12-21-17(14)22-10-9-18(3,19)11-22/h5-8,12H,4,9-11H2,1-3H3. The molecular weight excluding hydrogens is 277 g/mol. The maximum absolute atomic E-state index is 14.2. The fourth-order valence-corrected chi connectivity index (χ4v) is 3.18. The lowest BCUT2D eigenvalue weighted by Gasteiger charge is -2.22. The summed E-state index contributed by atoms with van der Waals surface area (Å²) < 4.78 is 14.2. The quantitative estimate of drug-likeness (QED) is 0.859. The molecule has 1 unspecified atom stereocenters. The van der Waals surface area contributed by atoms with Crippen molar-refractivity contribution in [1.82, 2.24) is 9.97 Å². The topological polar surface area (TPSA) is 29.0 Å². The molecule has 0 radical (unpaired) electrons. The van der Waals surface area contributed by atoms with E-state index in [0.29, 0.717) is 19.5 Å². The van der Waals surface area contributed by atoms with Crippen molar-refractivity contribution in [3.8, 4) is 11.3 Å². The smallest absolute Gasteiger partial charge is 0.135 e. The van der Waals surface area contributed by atoms with Gasteiger partial charge in [0.05, 0.1) is 12.2 Å². The van der Waals surface area contributed by atoms with Crippen molar-refractivity contribution in [2.45, 2.75) is 39.3 Å². The molecule has 0 amide bonds. The molecule has 1 fully saturated rings. The molecule has 1 aliphatic rings. The van der Waals surface area contributed by atoms with Crippen molar-refractivity contribution >= 4 is 5.82 Å². The highest BCUT2D eigenvalue weighted by molar-refractivity contribution is 5.71. The number of nitrogens with zero attached hydrogens (tertiary/aromatic N) is 3. The van der Waals surface area contributed by atoms with E-state index in [1.165, 1.54) is 5.56 Å². The molecule has 1 saturated heterocycles. The van der Waals surface area contributed by atoms with Crippen LogP contribution in [0.5, 0.6) is 0 Å². The van der Waals surface area contributed by atoms with Gasteiger partial charge in [-0.05, 0) is 25.8 Å². The number of aryl methyl sites for hydroxylation is 1. The first-order chi connectivity index (χ1) is 10.5. The van der Waals surface area contributed by atoms with E-state index in [2.05, 4.69) is 40.8 Å². The van der Waals surface area contributed by atoms with Crippen LogP contribution in [0.3, 0.4) is 0 Å². The number of aromatic nitrogens is 2. The van der Waals surface area contributed by atoms with Gasteiger partial charge in [-0.15, -0.1) is 0 Å². The van der Waals surface area contributed by atoms with Crippen molar-refractivity contribution < 1.29 is 4.39 Å². The van der Waals surface area contributed by atoms with Crippen LogP contribution < -0.4 is 4.90 Å². The Bertz CT molecular complexity index is 682. The molecule has 0 bridgehead atoms. The second-order valence-corrected chi connectivity index (χ2v) is 6.28. The van der Waals surface area contributed by atoms with Crippen LogP contribution >= 0.6 is 0 Å². The van der Waals surface area contributed by atoms with E-state index in [1.807, 2.05) is 12.1 Å². The van der Waals surface area contributed by atoms with Gasteiger partial charge in [0.15, 0.2) is 0 Å². The summed E-state index contributed by atoms with van der Waals surface area (Å²) in [5.41, 5.74) is 3.27. The third-order valence-electron chi connectivity index (χ3n) is 4.40. The Labute approximate surface area is 131 Å². The average molecular weight is 299 g/mol. The Morgan fingerprint density at radius 2 is 2.05 bits per heavy atom. The van der Waals surface area contributed by atoms with Crippen molar-refractivity contribution in [3.63, 3.8) is 0 Å². The molecule has 0 aliphatic carbocycles. The maximum atomic E-state index is 14.2. The van der Waals surface area contributed by atoms with Crippen LogP contribution in [0, 0.1) is 6.92 Å². The van der Waals surface area contributed by atoms with E-state index in [4.69, 9.17) is 0 Å². The first-order valence-corrected chi connectivity index (χ1v) is 7.85. The fourth-order valence-electron chi connectivity index (χ4n) is 3.18. The monoisotopic (exact) mass is 299 g/mol. The number of anilines is 1. The summed E-state index contributed by atoms with van der Waals surface area (Å²) in [6.45, 7) is 6.98. The lowest BCUT2D eigenvalue weighted by Crippen LogP contribution is -2.27. The van der Waals surface area contributed by atoms with Crippen LogP contribution in [0.25, 0.3) is 11.3 Å². The summed E-state index contributed by atoms with van der Waals surface area (Å²) in [6.07, 6.45) is 2.99. The predicted molar refractivity (Wildman–Crippen MR) is 87.9 cm³/mol. The molecule has 3 nitrogen and oxygen atoms in total. The minimum Gasteiger partial charge on any atom is -0.353 e. The third-order valence-corrected chi connectivity index (χ3v) is 4.40. The van der Waals surface area contributed by atoms with Crippen LogP contribution in [0.1, 0.15) is 31.4 Å². The first-order valence-electron chi connectivity index (χ1n) is 7.85. The second-order valence-electron chi connectivity index (χ2n) is 6.28. The zero-order valence-electron chi connectivity index (χ0n) is 13.4. The molecule has 116 valence electrons. The SMILES string of the molecule is CCc1c(-c2ccccc2C)ncnc1N1CCC(C)(F)C1. The number of halogens is 1. The van der Waals surface area contributed by atoms with Gasteiger partial charge in [0, 0.05) is 24.1 Å². The van der Waals surface area contributed by atoms with E-state index >= 15 is 0 Å². The van der Waals surface area contributed by atoms with Gasteiger partial charge in [0.2, 0.25) is 0 Å².